The van der Waals surface area contributed by atoms with Gasteiger partial charge in [0, 0.05) is 0 Å². The number of aryl methyl sites for hydroxylation is 1. The first-order chi connectivity index (χ1) is 14.2. The molecular formula is C17H14F7N3O3S. The lowest BCUT2D eigenvalue weighted by atomic mass is 10.1. The number of halogens is 7. The SMILES string of the molecule is Cc1ccc(S(=O)(=O)c2nn(C3=CCCCO3)nc2C(F)(F)C(F)(F)C(F)(F)F)cc1. The van der Waals surface area contributed by atoms with Crippen molar-refractivity contribution in [2.45, 2.75) is 47.7 Å². The van der Waals surface area contributed by atoms with E-state index in [0.717, 1.165) is 12.1 Å². The quantitative estimate of drug-likeness (QED) is 0.605. The second kappa shape index (κ2) is 7.50. The van der Waals surface area contributed by atoms with E-state index in [9.17, 15) is 39.2 Å². The number of hydrogen-bond donors (Lipinski definition) is 0. The standard InChI is InChI=1S/C17H14F7N3O3S/c1-10-5-7-11(8-6-10)31(28,29)14-13(15(18,19)16(20,21)17(22,23)24)25-27(26-14)12-4-2-3-9-30-12/h4-8H,2-3,9H2,1H3. The predicted octanol–water partition coefficient (Wildman–Crippen LogP) is 4.32. The van der Waals surface area contributed by atoms with Crippen molar-refractivity contribution in [1.82, 2.24) is 15.0 Å². The van der Waals surface area contributed by atoms with Gasteiger partial charge in [0.25, 0.3) is 0 Å². The van der Waals surface area contributed by atoms with Crippen LogP contribution in [0, 0.1) is 6.92 Å². The first-order valence-corrected chi connectivity index (χ1v) is 10.1. The number of ether oxygens (including phenoxy) is 1. The summed E-state index contributed by atoms with van der Waals surface area (Å²) in [4.78, 5) is -0.466. The molecule has 0 N–H and O–H groups in total. The van der Waals surface area contributed by atoms with Crippen molar-refractivity contribution in [2.75, 3.05) is 6.61 Å². The number of nitrogens with zero attached hydrogens (tertiary/aromatic N) is 3. The lowest BCUT2D eigenvalue weighted by molar-refractivity contribution is -0.361. The Bertz CT molecular complexity index is 1110. The molecule has 6 nitrogen and oxygen atoms in total. The molecule has 0 radical (unpaired) electrons. The van der Waals surface area contributed by atoms with Gasteiger partial charge in [-0.05, 0) is 38.0 Å². The van der Waals surface area contributed by atoms with Gasteiger partial charge in [-0.15, -0.1) is 15.0 Å². The van der Waals surface area contributed by atoms with Gasteiger partial charge in [0.05, 0.1) is 11.5 Å². The summed E-state index contributed by atoms with van der Waals surface area (Å²) in [6, 6.07) is 4.52. The largest absolute Gasteiger partial charge is 0.477 e. The molecule has 0 unspecified atom stereocenters. The Morgan fingerprint density at radius 1 is 1.00 bits per heavy atom. The van der Waals surface area contributed by atoms with Crippen LogP contribution in [0.5, 0.6) is 0 Å². The second-order valence-electron chi connectivity index (χ2n) is 6.64. The number of alkyl halides is 7. The molecule has 0 spiro atoms. The molecule has 0 atom stereocenters. The minimum absolute atomic E-state index is 0.0534. The number of benzene rings is 1. The maximum absolute atomic E-state index is 14.5. The van der Waals surface area contributed by atoms with Crippen molar-refractivity contribution in [3.63, 3.8) is 0 Å². The molecule has 14 heteroatoms. The third-order valence-electron chi connectivity index (χ3n) is 4.33. The van der Waals surface area contributed by atoms with Gasteiger partial charge in [0.15, 0.2) is 5.69 Å². The van der Waals surface area contributed by atoms with E-state index in [-0.39, 0.29) is 17.3 Å². The molecule has 1 aromatic carbocycles. The molecule has 1 aromatic heterocycles. The highest BCUT2D eigenvalue weighted by Crippen LogP contribution is 2.52. The molecule has 0 saturated carbocycles. The maximum Gasteiger partial charge on any atom is 0.460 e. The summed E-state index contributed by atoms with van der Waals surface area (Å²) in [6.45, 7) is 1.64. The van der Waals surface area contributed by atoms with Crippen LogP contribution in [-0.4, -0.2) is 42.1 Å². The van der Waals surface area contributed by atoms with Crippen molar-refractivity contribution in [3.05, 3.63) is 41.6 Å². The first-order valence-electron chi connectivity index (χ1n) is 8.65. The predicted molar refractivity (Wildman–Crippen MR) is 91.0 cm³/mol. The van der Waals surface area contributed by atoms with E-state index in [1.165, 1.54) is 18.2 Å². The van der Waals surface area contributed by atoms with Gasteiger partial charge in [-0.1, -0.05) is 17.7 Å². The lowest BCUT2D eigenvalue weighted by Gasteiger charge is -2.27. The van der Waals surface area contributed by atoms with Crippen LogP contribution >= 0.6 is 0 Å². The Labute approximate surface area is 171 Å². The summed E-state index contributed by atoms with van der Waals surface area (Å²) in [7, 11) is -5.05. The third kappa shape index (κ3) is 3.88. The van der Waals surface area contributed by atoms with E-state index >= 15 is 0 Å². The highest BCUT2D eigenvalue weighted by Gasteiger charge is 2.75. The molecule has 1 aliphatic heterocycles. The van der Waals surface area contributed by atoms with Crippen LogP contribution in [-0.2, 0) is 20.5 Å². The van der Waals surface area contributed by atoms with Gasteiger partial charge < -0.3 is 4.74 Å². The van der Waals surface area contributed by atoms with E-state index in [4.69, 9.17) is 4.74 Å². The lowest BCUT2D eigenvalue weighted by Crippen LogP contribution is -2.50. The summed E-state index contributed by atoms with van der Waals surface area (Å²) in [5.74, 6) is -13.0. The van der Waals surface area contributed by atoms with Crippen LogP contribution in [0.3, 0.4) is 0 Å². The van der Waals surface area contributed by atoms with Crippen molar-refractivity contribution in [3.8, 4) is 0 Å². The van der Waals surface area contributed by atoms with E-state index in [2.05, 4.69) is 10.2 Å². The summed E-state index contributed by atoms with van der Waals surface area (Å²) in [5, 5.41) is 4.57. The molecule has 170 valence electrons. The van der Waals surface area contributed by atoms with Gasteiger partial charge in [0.2, 0.25) is 20.7 Å². The summed E-state index contributed by atoms with van der Waals surface area (Å²) in [5.41, 5.74) is -1.76. The zero-order valence-electron chi connectivity index (χ0n) is 15.6. The first kappa shape index (κ1) is 23.0. The van der Waals surface area contributed by atoms with E-state index in [1.807, 2.05) is 0 Å². The van der Waals surface area contributed by atoms with Gasteiger partial charge in [0.1, 0.15) is 0 Å². The molecule has 31 heavy (non-hydrogen) atoms. The molecule has 0 fully saturated rings. The molecule has 0 amide bonds. The average Bonchev–Trinajstić information content (AvgIpc) is 3.15. The van der Waals surface area contributed by atoms with E-state index < -0.39 is 43.5 Å². The Morgan fingerprint density at radius 2 is 1.61 bits per heavy atom. The number of allylic oxidation sites excluding steroid dienone is 1. The molecule has 0 bridgehead atoms. The summed E-state index contributed by atoms with van der Waals surface area (Å²) in [6.07, 6.45) is -4.59. The minimum atomic E-state index is -6.69. The van der Waals surface area contributed by atoms with Crippen LogP contribution in [0.2, 0.25) is 0 Å². The molecule has 2 heterocycles. The Kier molecular flexibility index (Phi) is 5.57. The monoisotopic (exact) mass is 473 g/mol. The van der Waals surface area contributed by atoms with E-state index in [0.29, 0.717) is 18.4 Å². The molecule has 2 aromatic rings. The van der Waals surface area contributed by atoms with Crippen molar-refractivity contribution in [1.29, 1.82) is 0 Å². The van der Waals surface area contributed by atoms with Gasteiger partial charge >= 0.3 is 18.0 Å². The number of aromatic nitrogens is 3. The van der Waals surface area contributed by atoms with Crippen LogP contribution in [0.25, 0.3) is 5.88 Å². The molecule has 0 aliphatic carbocycles. The molecule has 1 aliphatic rings. The maximum atomic E-state index is 14.5. The summed E-state index contributed by atoms with van der Waals surface area (Å²) >= 11 is 0. The number of hydrogen-bond acceptors (Lipinski definition) is 5. The van der Waals surface area contributed by atoms with Gasteiger partial charge in [-0.2, -0.15) is 30.7 Å². The third-order valence-corrected chi connectivity index (χ3v) is 6.01. The van der Waals surface area contributed by atoms with Crippen LogP contribution in [0.1, 0.15) is 24.1 Å². The molecule has 0 saturated heterocycles. The van der Waals surface area contributed by atoms with Gasteiger partial charge in [-0.3, -0.25) is 0 Å². The Morgan fingerprint density at radius 3 is 2.13 bits per heavy atom. The Balaban J connectivity index is 2.26. The van der Waals surface area contributed by atoms with Crippen LogP contribution in [0.4, 0.5) is 30.7 Å². The minimum Gasteiger partial charge on any atom is -0.477 e. The van der Waals surface area contributed by atoms with Crippen molar-refractivity contribution in [2.24, 2.45) is 0 Å². The smallest absolute Gasteiger partial charge is 0.460 e. The number of rotatable bonds is 5. The van der Waals surface area contributed by atoms with Crippen molar-refractivity contribution < 1.29 is 43.9 Å². The van der Waals surface area contributed by atoms with Crippen LogP contribution in [0.15, 0.2) is 40.3 Å². The van der Waals surface area contributed by atoms with Gasteiger partial charge in [-0.25, -0.2) is 8.42 Å². The number of sulfone groups is 1. The van der Waals surface area contributed by atoms with E-state index in [1.54, 1.807) is 6.92 Å². The highest BCUT2D eigenvalue weighted by atomic mass is 32.2. The fourth-order valence-electron chi connectivity index (χ4n) is 2.61. The average molecular weight is 473 g/mol. The topological polar surface area (TPSA) is 74.1 Å². The van der Waals surface area contributed by atoms with Crippen molar-refractivity contribution >= 4 is 15.7 Å². The zero-order valence-corrected chi connectivity index (χ0v) is 16.4. The fraction of sp³-hybridized carbons (Fsp3) is 0.412. The molecule has 3 rings (SSSR count). The normalized spacial score (nSPS) is 16.1. The Hall–Kier alpha value is -2.64. The fourth-order valence-corrected chi connectivity index (χ4v) is 3.94. The molecular weight excluding hydrogens is 459 g/mol. The van der Waals surface area contributed by atoms with Crippen LogP contribution < -0.4 is 0 Å². The highest BCUT2D eigenvalue weighted by molar-refractivity contribution is 7.91. The zero-order chi connectivity index (χ0) is 23.2. The summed E-state index contributed by atoms with van der Waals surface area (Å²) < 4.78 is 125. The second-order valence-corrected chi connectivity index (χ2v) is 8.50.